The zero-order valence-corrected chi connectivity index (χ0v) is 31.3. The van der Waals surface area contributed by atoms with Gasteiger partial charge in [0.2, 0.25) is 11.8 Å². The van der Waals surface area contributed by atoms with Crippen LogP contribution in [0.2, 0.25) is 10.0 Å². The average Bonchev–Trinajstić information content (AvgIpc) is 3.13. The molecule has 5 rings (SSSR count). The van der Waals surface area contributed by atoms with Crippen LogP contribution in [0.25, 0.3) is 0 Å². The molecule has 270 valence electrons. The Kier molecular flexibility index (Phi) is 12.9. The minimum Gasteiger partial charge on any atom is -0.497 e. The zero-order chi connectivity index (χ0) is 36.5. The predicted molar refractivity (Wildman–Crippen MR) is 201 cm³/mol. The van der Waals surface area contributed by atoms with Gasteiger partial charge < -0.3 is 19.7 Å². The minimum atomic E-state index is -4.38. The summed E-state index contributed by atoms with van der Waals surface area (Å²) in [6.07, 6.45) is 4.95. The Morgan fingerprint density at radius 3 is 2.16 bits per heavy atom. The number of nitrogens with zero attached hydrogens (tertiary/aromatic N) is 2. The molecule has 0 heterocycles. The Bertz CT molecular complexity index is 1900. The van der Waals surface area contributed by atoms with E-state index in [2.05, 4.69) is 5.32 Å². The SMILES string of the molecule is COc1ccc(OC)c(N(CC(=O)N(Cc2c(Cl)cccc2Cl)[C@H](Cc2ccccc2)C(=O)NC2CCCCC2)S(=O)(=O)c2ccc(C)cc2)c1. The van der Waals surface area contributed by atoms with Crippen molar-refractivity contribution < 1.29 is 27.5 Å². The smallest absolute Gasteiger partial charge is 0.264 e. The van der Waals surface area contributed by atoms with Crippen LogP contribution in [0.4, 0.5) is 5.69 Å². The van der Waals surface area contributed by atoms with E-state index < -0.39 is 28.5 Å². The van der Waals surface area contributed by atoms with Gasteiger partial charge in [-0.15, -0.1) is 0 Å². The molecule has 51 heavy (non-hydrogen) atoms. The molecule has 0 spiro atoms. The summed E-state index contributed by atoms with van der Waals surface area (Å²) in [6.45, 7) is 1.02. The van der Waals surface area contributed by atoms with E-state index in [1.165, 1.54) is 37.3 Å². The molecule has 0 saturated heterocycles. The lowest BCUT2D eigenvalue weighted by Crippen LogP contribution is -2.55. The van der Waals surface area contributed by atoms with Crippen molar-refractivity contribution in [1.29, 1.82) is 0 Å². The van der Waals surface area contributed by atoms with E-state index in [9.17, 15) is 18.0 Å². The number of anilines is 1. The molecule has 0 unspecified atom stereocenters. The molecule has 0 bridgehead atoms. The first-order valence-corrected chi connectivity index (χ1v) is 19.1. The van der Waals surface area contributed by atoms with Gasteiger partial charge in [-0.05, 0) is 61.7 Å². The molecule has 0 aromatic heterocycles. The number of carbonyl (C=O) groups is 2. The first kappa shape index (κ1) is 38.0. The highest BCUT2D eigenvalue weighted by Gasteiger charge is 2.37. The third-order valence-corrected chi connectivity index (χ3v) is 11.6. The standard InChI is InChI=1S/C39H43Cl2N3O6S/c1-27-17-20-31(21-18-27)51(47,48)44(35-24-30(49-2)19-22-37(35)50-3)26-38(45)43(25-32-33(40)15-10-16-34(32)41)36(23-28-11-6-4-7-12-28)39(46)42-29-13-8-5-9-14-29/h4,6-7,10-12,15-22,24,29,36H,5,8-9,13-14,23,25-26H2,1-3H3,(H,42,46)/t36-/m1/s1. The van der Waals surface area contributed by atoms with Crippen molar-refractivity contribution in [3.63, 3.8) is 0 Å². The second-order valence-corrected chi connectivity index (χ2v) is 15.3. The van der Waals surface area contributed by atoms with Crippen LogP contribution in [0.5, 0.6) is 11.5 Å². The largest absolute Gasteiger partial charge is 0.497 e. The van der Waals surface area contributed by atoms with Crippen molar-refractivity contribution in [2.75, 3.05) is 25.1 Å². The van der Waals surface area contributed by atoms with E-state index in [1.54, 1.807) is 42.5 Å². The van der Waals surface area contributed by atoms with Crippen molar-refractivity contribution >= 4 is 50.7 Å². The van der Waals surface area contributed by atoms with Crippen LogP contribution >= 0.6 is 23.2 Å². The Morgan fingerprint density at radius 2 is 1.53 bits per heavy atom. The van der Waals surface area contributed by atoms with Crippen molar-refractivity contribution in [1.82, 2.24) is 10.2 Å². The number of rotatable bonds is 14. The van der Waals surface area contributed by atoms with E-state index in [4.69, 9.17) is 32.7 Å². The average molecular weight is 753 g/mol. The molecule has 1 N–H and O–H groups in total. The first-order valence-electron chi connectivity index (χ1n) is 16.9. The van der Waals surface area contributed by atoms with Gasteiger partial charge in [0.1, 0.15) is 24.1 Å². The number of aryl methyl sites for hydroxylation is 1. The topological polar surface area (TPSA) is 105 Å². The van der Waals surface area contributed by atoms with Crippen LogP contribution in [-0.2, 0) is 32.6 Å². The number of ether oxygens (including phenoxy) is 2. The van der Waals surface area contributed by atoms with Crippen LogP contribution < -0.4 is 19.1 Å². The van der Waals surface area contributed by atoms with Crippen LogP contribution in [0.1, 0.15) is 48.8 Å². The second kappa shape index (κ2) is 17.3. The Morgan fingerprint density at radius 1 is 0.863 bits per heavy atom. The molecule has 4 aromatic rings. The summed E-state index contributed by atoms with van der Waals surface area (Å²) in [5.41, 5.74) is 2.21. The molecular formula is C39H43Cl2N3O6S. The van der Waals surface area contributed by atoms with E-state index in [0.29, 0.717) is 21.4 Å². The minimum absolute atomic E-state index is 0.0256. The molecule has 0 radical (unpaired) electrons. The number of sulfonamides is 1. The Hall–Kier alpha value is -4.25. The van der Waals surface area contributed by atoms with Crippen molar-refractivity contribution in [3.05, 3.63) is 118 Å². The van der Waals surface area contributed by atoms with Crippen LogP contribution in [0.15, 0.2) is 95.9 Å². The zero-order valence-electron chi connectivity index (χ0n) is 29.0. The first-order chi connectivity index (χ1) is 24.5. The van der Waals surface area contributed by atoms with Crippen LogP contribution in [0.3, 0.4) is 0 Å². The number of hydrogen-bond donors (Lipinski definition) is 1. The highest BCUT2D eigenvalue weighted by Crippen LogP contribution is 2.36. The van der Waals surface area contributed by atoms with E-state index in [1.807, 2.05) is 37.3 Å². The Balaban J connectivity index is 1.64. The van der Waals surface area contributed by atoms with Gasteiger partial charge in [-0.3, -0.25) is 13.9 Å². The third-order valence-electron chi connectivity index (χ3n) is 9.16. The van der Waals surface area contributed by atoms with Crippen LogP contribution in [-0.4, -0.2) is 58.0 Å². The maximum Gasteiger partial charge on any atom is 0.264 e. The van der Waals surface area contributed by atoms with Crippen molar-refractivity contribution in [3.8, 4) is 11.5 Å². The summed E-state index contributed by atoms with van der Waals surface area (Å²) < 4.78 is 41.1. The lowest BCUT2D eigenvalue weighted by atomic mass is 9.94. The molecule has 9 nitrogen and oxygen atoms in total. The molecule has 1 atom stereocenters. The van der Waals surface area contributed by atoms with E-state index in [0.717, 1.165) is 47.5 Å². The third kappa shape index (κ3) is 9.36. The summed E-state index contributed by atoms with van der Waals surface area (Å²) in [4.78, 5) is 30.7. The number of hydrogen-bond acceptors (Lipinski definition) is 6. The summed E-state index contributed by atoms with van der Waals surface area (Å²) in [5, 5.41) is 3.82. The molecule has 4 aromatic carbocycles. The summed E-state index contributed by atoms with van der Waals surface area (Å²) in [5.74, 6) is -0.424. The molecule has 0 aliphatic heterocycles. The molecule has 1 fully saturated rings. The van der Waals surface area contributed by atoms with Gasteiger partial charge in [0.25, 0.3) is 10.0 Å². The van der Waals surface area contributed by atoms with Gasteiger partial charge in [-0.2, -0.15) is 0 Å². The number of nitrogens with one attached hydrogen (secondary N) is 1. The molecule has 1 aliphatic rings. The maximum absolute atomic E-state index is 15.0. The fourth-order valence-electron chi connectivity index (χ4n) is 6.29. The predicted octanol–water partition coefficient (Wildman–Crippen LogP) is 7.60. The van der Waals surface area contributed by atoms with Crippen LogP contribution in [0, 0.1) is 6.92 Å². The number of amides is 2. The molecular weight excluding hydrogens is 709 g/mol. The van der Waals surface area contributed by atoms with Crippen molar-refractivity contribution in [2.45, 2.75) is 69.0 Å². The maximum atomic E-state index is 15.0. The van der Waals surface area contributed by atoms with E-state index >= 15 is 0 Å². The Labute approximate surface area is 310 Å². The summed E-state index contributed by atoms with van der Waals surface area (Å²) in [7, 11) is -1.50. The lowest BCUT2D eigenvalue weighted by molar-refractivity contribution is -0.140. The fraction of sp³-hybridized carbons (Fsp3) is 0.333. The molecule has 12 heteroatoms. The lowest BCUT2D eigenvalue weighted by Gasteiger charge is -2.35. The number of benzene rings is 4. The molecule has 1 aliphatic carbocycles. The van der Waals surface area contributed by atoms with Gasteiger partial charge in [0.15, 0.2) is 0 Å². The monoisotopic (exact) mass is 751 g/mol. The van der Waals surface area contributed by atoms with Gasteiger partial charge in [0, 0.05) is 40.7 Å². The van der Waals surface area contributed by atoms with E-state index in [-0.39, 0.29) is 41.2 Å². The molecule has 1 saturated carbocycles. The summed E-state index contributed by atoms with van der Waals surface area (Å²) >= 11 is 13.3. The second-order valence-electron chi connectivity index (χ2n) is 12.6. The number of halogens is 2. The molecule has 2 amide bonds. The van der Waals surface area contributed by atoms with Gasteiger partial charge >= 0.3 is 0 Å². The normalized spacial score (nSPS) is 14.0. The van der Waals surface area contributed by atoms with Gasteiger partial charge in [-0.1, -0.05) is 96.6 Å². The van der Waals surface area contributed by atoms with Gasteiger partial charge in [-0.25, -0.2) is 8.42 Å². The highest BCUT2D eigenvalue weighted by molar-refractivity contribution is 7.92. The van der Waals surface area contributed by atoms with Crippen molar-refractivity contribution in [2.24, 2.45) is 0 Å². The number of methoxy groups -OCH3 is 2. The number of carbonyl (C=O) groups excluding carboxylic acids is 2. The fourth-order valence-corrected chi connectivity index (χ4v) is 8.23. The van der Waals surface area contributed by atoms with Gasteiger partial charge in [0.05, 0.1) is 24.8 Å². The summed E-state index contributed by atoms with van der Waals surface area (Å²) in [6, 6.07) is 24.4. The quantitative estimate of drug-likeness (QED) is 0.142. The highest BCUT2D eigenvalue weighted by atomic mass is 35.5.